The van der Waals surface area contributed by atoms with Crippen molar-refractivity contribution in [3.8, 4) is 0 Å². The van der Waals surface area contributed by atoms with E-state index in [1.807, 2.05) is 0 Å². The molecular formula is C31H53NO4. The van der Waals surface area contributed by atoms with Crippen LogP contribution in [0.5, 0.6) is 0 Å². The Morgan fingerprint density at radius 1 is 0.944 bits per heavy atom. The van der Waals surface area contributed by atoms with Crippen LogP contribution in [0.25, 0.3) is 0 Å². The number of amides is 1. The van der Waals surface area contributed by atoms with E-state index < -0.39 is 0 Å². The Bertz CT molecular complexity index is 783. The summed E-state index contributed by atoms with van der Waals surface area (Å²) in [6.45, 7) is 10.0. The summed E-state index contributed by atoms with van der Waals surface area (Å²) < 4.78 is 5.78. The van der Waals surface area contributed by atoms with Crippen molar-refractivity contribution in [3.05, 3.63) is 0 Å². The van der Waals surface area contributed by atoms with Gasteiger partial charge in [-0.1, -0.05) is 53.4 Å². The summed E-state index contributed by atoms with van der Waals surface area (Å²) in [7, 11) is 0. The van der Waals surface area contributed by atoms with Crippen molar-refractivity contribution in [2.45, 2.75) is 129 Å². The first-order chi connectivity index (χ1) is 17.2. The van der Waals surface area contributed by atoms with E-state index in [0.717, 1.165) is 38.5 Å². The molecule has 0 saturated heterocycles. The molecule has 0 aliphatic heterocycles. The van der Waals surface area contributed by atoms with Gasteiger partial charge in [0.2, 0.25) is 0 Å². The fourth-order valence-corrected chi connectivity index (χ4v) is 10.7. The number of hydrogen-bond donors (Lipinski definition) is 3. The fraction of sp³-hybridized carbons (Fsp3) is 0.968. The number of hydrogen-bond acceptors (Lipinski definition) is 4. The Hall–Kier alpha value is -0.810. The van der Waals surface area contributed by atoms with Crippen LogP contribution in [0.1, 0.15) is 111 Å². The zero-order valence-electron chi connectivity index (χ0n) is 23.4. The van der Waals surface area contributed by atoms with Gasteiger partial charge in [0.15, 0.2) is 0 Å². The molecule has 11 atom stereocenters. The van der Waals surface area contributed by atoms with Crippen LogP contribution in [0, 0.1) is 52.3 Å². The van der Waals surface area contributed by atoms with E-state index >= 15 is 0 Å². The molecule has 0 radical (unpaired) electrons. The summed E-state index contributed by atoms with van der Waals surface area (Å²) in [5, 5.41) is 25.5. The first-order valence-electron chi connectivity index (χ1n) is 15.5. The Kier molecular flexibility index (Phi) is 7.73. The summed E-state index contributed by atoms with van der Waals surface area (Å²) in [5.74, 6) is 3.11. The molecule has 0 aromatic rings. The van der Waals surface area contributed by atoms with Crippen LogP contribution in [-0.4, -0.2) is 41.2 Å². The second-order valence-corrected chi connectivity index (χ2v) is 14.2. The Morgan fingerprint density at radius 2 is 1.64 bits per heavy atom. The van der Waals surface area contributed by atoms with Gasteiger partial charge in [-0.15, -0.1) is 0 Å². The maximum atomic E-state index is 12.5. The van der Waals surface area contributed by atoms with Crippen molar-refractivity contribution < 1.29 is 19.7 Å². The number of alkyl carbamates (subject to hydrolysis) is 1. The highest BCUT2D eigenvalue weighted by molar-refractivity contribution is 5.67. The lowest BCUT2D eigenvalue weighted by atomic mass is 9.41. The molecule has 0 aromatic heterocycles. The number of aliphatic hydroxyl groups is 2. The number of nitrogens with one attached hydrogen (secondary N) is 1. The second-order valence-electron chi connectivity index (χ2n) is 14.2. The van der Waals surface area contributed by atoms with Gasteiger partial charge in [0, 0.05) is 6.04 Å². The van der Waals surface area contributed by atoms with Crippen LogP contribution in [0.4, 0.5) is 4.79 Å². The number of carbonyl (C=O) groups is 1. The SMILES string of the molecule is CC[C@H]1[C@@H](O)[C@@H]2[C@H](CC[C@]3(C)[C@@H]([C@H](C)COC(=O)NC4CCCCC4)CC[C@@H]23)[C@@]2(C)CC[C@@H](O)C[C@@H]12. The van der Waals surface area contributed by atoms with Crippen molar-refractivity contribution in [2.24, 2.45) is 52.3 Å². The standard InChI is InChI=1S/C31H53NO4/c1-5-22-26-17-21(33)13-15-31(26,4)25-14-16-30(3)23(11-12-24(30)27(25)28(22)34)19(2)18-36-29(35)32-20-9-7-6-8-10-20/h19-28,33-34H,5-18H2,1-4H3,(H,32,35)/t19-,21-,22-,23-,24+,25+,26+,27+,28-,30-,31-/m1/s1. The smallest absolute Gasteiger partial charge is 0.407 e. The highest BCUT2D eigenvalue weighted by Gasteiger charge is 2.64. The van der Waals surface area contributed by atoms with E-state index in [1.54, 1.807) is 0 Å². The Morgan fingerprint density at radius 3 is 2.36 bits per heavy atom. The predicted octanol–water partition coefficient (Wildman–Crippen LogP) is 6.31. The molecule has 5 rings (SSSR count). The summed E-state index contributed by atoms with van der Waals surface area (Å²) in [6, 6.07) is 0.288. The molecule has 0 bridgehead atoms. The van der Waals surface area contributed by atoms with Gasteiger partial charge in [-0.05, 0) is 110 Å². The summed E-state index contributed by atoms with van der Waals surface area (Å²) in [5.41, 5.74) is 0.454. The fourth-order valence-electron chi connectivity index (χ4n) is 10.7. The van der Waals surface area contributed by atoms with Crippen LogP contribution in [0.15, 0.2) is 0 Å². The minimum atomic E-state index is -0.250. The van der Waals surface area contributed by atoms with E-state index in [9.17, 15) is 15.0 Å². The largest absolute Gasteiger partial charge is 0.449 e. The molecule has 5 fully saturated rings. The lowest BCUT2D eigenvalue weighted by Crippen LogP contribution is -2.62. The van der Waals surface area contributed by atoms with Crippen LogP contribution < -0.4 is 5.32 Å². The third-order valence-electron chi connectivity index (χ3n) is 12.6. The minimum absolute atomic E-state index is 0.193. The third kappa shape index (κ3) is 4.52. The van der Waals surface area contributed by atoms with E-state index in [1.165, 1.54) is 44.9 Å². The quantitative estimate of drug-likeness (QED) is 0.411. The van der Waals surface area contributed by atoms with Crippen LogP contribution in [0.2, 0.25) is 0 Å². The molecule has 36 heavy (non-hydrogen) atoms. The van der Waals surface area contributed by atoms with E-state index in [-0.39, 0.29) is 35.2 Å². The third-order valence-corrected chi connectivity index (χ3v) is 12.6. The van der Waals surface area contributed by atoms with Gasteiger partial charge in [-0.3, -0.25) is 0 Å². The molecule has 5 aliphatic carbocycles. The van der Waals surface area contributed by atoms with Crippen molar-refractivity contribution in [1.82, 2.24) is 5.32 Å². The molecule has 0 aromatic carbocycles. The molecule has 0 heterocycles. The van der Waals surface area contributed by atoms with Crippen LogP contribution >= 0.6 is 0 Å². The summed E-state index contributed by atoms with van der Waals surface area (Å²) in [4.78, 5) is 12.5. The van der Waals surface area contributed by atoms with Crippen molar-refractivity contribution in [3.63, 3.8) is 0 Å². The maximum absolute atomic E-state index is 12.5. The van der Waals surface area contributed by atoms with Crippen molar-refractivity contribution in [2.75, 3.05) is 6.61 Å². The van der Waals surface area contributed by atoms with Gasteiger partial charge in [0.05, 0.1) is 18.8 Å². The molecule has 5 aliphatic rings. The Labute approximate surface area is 219 Å². The topological polar surface area (TPSA) is 78.8 Å². The van der Waals surface area contributed by atoms with E-state index in [4.69, 9.17) is 4.74 Å². The van der Waals surface area contributed by atoms with Crippen molar-refractivity contribution in [1.29, 1.82) is 0 Å². The van der Waals surface area contributed by atoms with Crippen LogP contribution in [0.3, 0.4) is 0 Å². The van der Waals surface area contributed by atoms with Crippen LogP contribution in [-0.2, 0) is 4.74 Å². The zero-order chi connectivity index (χ0) is 25.7. The first-order valence-corrected chi connectivity index (χ1v) is 15.5. The molecule has 0 spiro atoms. The molecular weight excluding hydrogens is 450 g/mol. The van der Waals surface area contributed by atoms with Gasteiger partial charge in [0.1, 0.15) is 0 Å². The highest BCUT2D eigenvalue weighted by atomic mass is 16.5. The van der Waals surface area contributed by atoms with Gasteiger partial charge in [-0.2, -0.15) is 0 Å². The molecule has 5 nitrogen and oxygen atoms in total. The van der Waals surface area contributed by atoms with Crippen molar-refractivity contribution >= 4 is 6.09 Å². The molecule has 1 amide bonds. The average Bonchev–Trinajstić information content (AvgIpc) is 3.22. The number of aliphatic hydroxyl groups excluding tert-OH is 2. The van der Waals surface area contributed by atoms with E-state index in [2.05, 4.69) is 33.0 Å². The van der Waals surface area contributed by atoms with E-state index in [0.29, 0.717) is 48.0 Å². The minimum Gasteiger partial charge on any atom is -0.449 e. The number of rotatable bonds is 5. The lowest BCUT2D eigenvalue weighted by Gasteiger charge is -2.64. The van der Waals surface area contributed by atoms with Gasteiger partial charge >= 0.3 is 6.09 Å². The normalized spacial score (nSPS) is 47.8. The zero-order valence-corrected chi connectivity index (χ0v) is 23.4. The number of fused-ring (bicyclic) bond motifs is 5. The molecule has 206 valence electrons. The van der Waals surface area contributed by atoms with Gasteiger partial charge in [0.25, 0.3) is 0 Å². The Balaban J connectivity index is 1.27. The monoisotopic (exact) mass is 503 g/mol. The molecule has 3 N–H and O–H groups in total. The predicted molar refractivity (Wildman–Crippen MR) is 142 cm³/mol. The molecule has 5 saturated carbocycles. The summed E-state index contributed by atoms with van der Waals surface area (Å²) in [6.07, 6.45) is 13.9. The van der Waals surface area contributed by atoms with Gasteiger partial charge < -0.3 is 20.3 Å². The first kappa shape index (κ1) is 26.8. The number of carbonyl (C=O) groups excluding carboxylic acids is 1. The maximum Gasteiger partial charge on any atom is 0.407 e. The second kappa shape index (κ2) is 10.4. The summed E-state index contributed by atoms with van der Waals surface area (Å²) >= 11 is 0. The number of ether oxygens (including phenoxy) is 1. The average molecular weight is 504 g/mol. The molecule has 5 heteroatoms. The molecule has 0 unspecified atom stereocenters. The highest BCUT2D eigenvalue weighted by Crippen LogP contribution is 2.69. The van der Waals surface area contributed by atoms with Gasteiger partial charge in [-0.25, -0.2) is 4.79 Å². The lowest BCUT2D eigenvalue weighted by molar-refractivity contribution is -0.203.